The summed E-state index contributed by atoms with van der Waals surface area (Å²) in [5.74, 6) is -0.958. The number of urea groups is 1. The standard InChI is InChI=1S/C23H21N3O4/c1-14-16-11-7-8-12-17(16)24-18(19(14)20(27)30-3)13-26-21(28)23(2,25-22(26)29)15-9-5-4-6-10-15/h4-12H,13H2,1-3H3,(H,25,29)/t23-/m1/s1. The number of fused-ring (bicyclic) bond motifs is 1. The van der Waals surface area contributed by atoms with Crippen LogP contribution in [0.4, 0.5) is 4.79 Å². The van der Waals surface area contributed by atoms with Gasteiger partial charge >= 0.3 is 12.0 Å². The van der Waals surface area contributed by atoms with Crippen molar-refractivity contribution >= 4 is 28.8 Å². The van der Waals surface area contributed by atoms with Crippen LogP contribution in [0.15, 0.2) is 54.6 Å². The highest BCUT2D eigenvalue weighted by atomic mass is 16.5. The summed E-state index contributed by atoms with van der Waals surface area (Å²) in [7, 11) is 1.29. The molecule has 2 heterocycles. The van der Waals surface area contributed by atoms with Crippen molar-refractivity contribution in [3.8, 4) is 0 Å². The van der Waals surface area contributed by atoms with Gasteiger partial charge in [-0.05, 0) is 31.0 Å². The molecule has 2 aromatic carbocycles. The largest absolute Gasteiger partial charge is 0.465 e. The number of para-hydroxylation sites is 1. The lowest BCUT2D eigenvalue weighted by Crippen LogP contribution is -2.40. The van der Waals surface area contributed by atoms with E-state index in [1.165, 1.54) is 7.11 Å². The number of carbonyl (C=O) groups is 3. The van der Waals surface area contributed by atoms with Gasteiger partial charge in [-0.1, -0.05) is 48.5 Å². The lowest BCUT2D eigenvalue weighted by Gasteiger charge is -2.22. The number of pyridine rings is 1. The highest BCUT2D eigenvalue weighted by Crippen LogP contribution is 2.31. The van der Waals surface area contributed by atoms with Crippen LogP contribution >= 0.6 is 0 Å². The van der Waals surface area contributed by atoms with Gasteiger partial charge in [-0.3, -0.25) is 9.69 Å². The fraction of sp³-hybridized carbons (Fsp3) is 0.217. The number of aryl methyl sites for hydroxylation is 1. The van der Waals surface area contributed by atoms with Crippen LogP contribution in [-0.2, 0) is 21.6 Å². The number of amides is 3. The number of hydrogen-bond donors (Lipinski definition) is 1. The van der Waals surface area contributed by atoms with E-state index in [0.717, 1.165) is 10.3 Å². The van der Waals surface area contributed by atoms with Gasteiger partial charge in [-0.2, -0.15) is 0 Å². The fourth-order valence-corrected chi connectivity index (χ4v) is 3.89. The average molecular weight is 403 g/mol. The smallest absolute Gasteiger partial charge is 0.340 e. The molecule has 0 saturated carbocycles. The fourth-order valence-electron chi connectivity index (χ4n) is 3.89. The number of esters is 1. The highest BCUT2D eigenvalue weighted by molar-refractivity contribution is 6.07. The van der Waals surface area contributed by atoms with E-state index in [9.17, 15) is 14.4 Å². The molecule has 3 aromatic rings. The van der Waals surface area contributed by atoms with Crippen LogP contribution in [0.3, 0.4) is 0 Å². The van der Waals surface area contributed by atoms with Gasteiger partial charge in [0.15, 0.2) is 0 Å². The minimum absolute atomic E-state index is 0.136. The number of carbonyl (C=O) groups excluding carboxylic acids is 3. The minimum Gasteiger partial charge on any atom is -0.465 e. The molecule has 0 unspecified atom stereocenters. The molecule has 0 bridgehead atoms. The first-order chi connectivity index (χ1) is 14.4. The summed E-state index contributed by atoms with van der Waals surface area (Å²) < 4.78 is 4.95. The quantitative estimate of drug-likeness (QED) is 0.533. The number of imide groups is 1. The summed E-state index contributed by atoms with van der Waals surface area (Å²) in [6.45, 7) is 3.34. The molecule has 1 N–H and O–H groups in total. The zero-order valence-electron chi connectivity index (χ0n) is 16.9. The Balaban J connectivity index is 1.78. The van der Waals surface area contributed by atoms with Crippen molar-refractivity contribution < 1.29 is 19.1 Å². The number of ether oxygens (including phenoxy) is 1. The maximum absolute atomic E-state index is 13.2. The van der Waals surface area contributed by atoms with E-state index in [1.807, 2.05) is 42.5 Å². The van der Waals surface area contributed by atoms with Gasteiger partial charge in [0.25, 0.3) is 5.91 Å². The lowest BCUT2D eigenvalue weighted by atomic mass is 9.92. The Bertz CT molecular complexity index is 1180. The molecule has 7 heteroatoms. The Morgan fingerprint density at radius 3 is 2.47 bits per heavy atom. The SMILES string of the molecule is COC(=O)c1c(CN2C(=O)N[C@](C)(c3ccccc3)C2=O)nc2ccccc2c1C. The second kappa shape index (κ2) is 7.26. The molecule has 1 aromatic heterocycles. The summed E-state index contributed by atoms with van der Waals surface area (Å²) >= 11 is 0. The molecule has 1 atom stereocenters. The van der Waals surface area contributed by atoms with E-state index in [-0.39, 0.29) is 12.1 Å². The summed E-state index contributed by atoms with van der Waals surface area (Å²) in [4.78, 5) is 44.2. The van der Waals surface area contributed by atoms with E-state index < -0.39 is 23.4 Å². The molecule has 1 fully saturated rings. The van der Waals surface area contributed by atoms with Crippen LogP contribution in [0.1, 0.15) is 34.1 Å². The Kier molecular flexibility index (Phi) is 4.73. The molecule has 0 radical (unpaired) electrons. The highest BCUT2D eigenvalue weighted by Gasteiger charge is 2.49. The van der Waals surface area contributed by atoms with Crippen LogP contribution < -0.4 is 5.32 Å². The topological polar surface area (TPSA) is 88.6 Å². The number of aromatic nitrogens is 1. The maximum Gasteiger partial charge on any atom is 0.340 e. The zero-order valence-corrected chi connectivity index (χ0v) is 16.9. The summed E-state index contributed by atoms with van der Waals surface area (Å²) in [5.41, 5.74) is 1.46. The van der Waals surface area contributed by atoms with E-state index in [0.29, 0.717) is 22.3 Å². The second-order valence-electron chi connectivity index (χ2n) is 7.38. The number of hydrogen-bond acceptors (Lipinski definition) is 5. The van der Waals surface area contributed by atoms with Gasteiger partial charge in [-0.25, -0.2) is 14.6 Å². The van der Waals surface area contributed by atoms with Gasteiger partial charge < -0.3 is 10.1 Å². The van der Waals surface area contributed by atoms with Gasteiger partial charge in [0.1, 0.15) is 5.54 Å². The molecule has 1 saturated heterocycles. The predicted octanol–water partition coefficient (Wildman–Crippen LogP) is 3.30. The Hall–Kier alpha value is -3.74. The molecule has 3 amide bonds. The lowest BCUT2D eigenvalue weighted by molar-refractivity contribution is -0.131. The Morgan fingerprint density at radius 2 is 1.77 bits per heavy atom. The predicted molar refractivity (Wildman–Crippen MR) is 111 cm³/mol. The van der Waals surface area contributed by atoms with Gasteiger partial charge in [0.05, 0.1) is 30.4 Å². The number of rotatable bonds is 4. The first-order valence-corrected chi connectivity index (χ1v) is 9.53. The second-order valence-corrected chi connectivity index (χ2v) is 7.38. The first kappa shape index (κ1) is 19.6. The Morgan fingerprint density at radius 1 is 1.10 bits per heavy atom. The van der Waals surface area contributed by atoms with Crippen LogP contribution in [-0.4, -0.2) is 34.9 Å². The molecule has 152 valence electrons. The molecule has 1 aliphatic heterocycles. The maximum atomic E-state index is 13.2. The zero-order chi connectivity index (χ0) is 21.5. The van der Waals surface area contributed by atoms with Gasteiger partial charge in [-0.15, -0.1) is 0 Å². The van der Waals surface area contributed by atoms with Crippen LogP contribution in [0.5, 0.6) is 0 Å². The molecular formula is C23H21N3O4. The molecule has 4 rings (SSSR count). The van der Waals surface area contributed by atoms with E-state index in [1.54, 1.807) is 26.0 Å². The normalized spacial score (nSPS) is 18.6. The number of nitrogens with zero attached hydrogens (tertiary/aromatic N) is 2. The van der Waals surface area contributed by atoms with Crippen molar-refractivity contribution in [1.29, 1.82) is 0 Å². The molecular weight excluding hydrogens is 382 g/mol. The van der Waals surface area contributed by atoms with Crippen LogP contribution in [0.25, 0.3) is 10.9 Å². The number of methoxy groups -OCH3 is 1. The molecule has 0 aliphatic carbocycles. The molecule has 1 aliphatic rings. The van der Waals surface area contributed by atoms with E-state index in [2.05, 4.69) is 10.3 Å². The summed E-state index contributed by atoms with van der Waals surface area (Å²) in [6, 6.07) is 15.9. The summed E-state index contributed by atoms with van der Waals surface area (Å²) in [5, 5.41) is 3.59. The third-order valence-corrected chi connectivity index (χ3v) is 5.55. The third kappa shape index (κ3) is 2.99. The van der Waals surface area contributed by atoms with Gasteiger partial charge in [0.2, 0.25) is 0 Å². The first-order valence-electron chi connectivity index (χ1n) is 9.53. The Labute approximate surface area is 173 Å². The minimum atomic E-state index is -1.18. The molecule has 0 spiro atoms. The molecule has 30 heavy (non-hydrogen) atoms. The van der Waals surface area contributed by atoms with Crippen molar-refractivity contribution in [2.45, 2.75) is 25.9 Å². The molecule has 7 nitrogen and oxygen atoms in total. The monoisotopic (exact) mass is 403 g/mol. The number of nitrogens with one attached hydrogen (secondary N) is 1. The van der Waals surface area contributed by atoms with Crippen LogP contribution in [0, 0.1) is 6.92 Å². The van der Waals surface area contributed by atoms with Crippen LogP contribution in [0.2, 0.25) is 0 Å². The van der Waals surface area contributed by atoms with Crippen molar-refractivity contribution in [3.05, 3.63) is 77.0 Å². The third-order valence-electron chi connectivity index (χ3n) is 5.55. The van der Waals surface area contributed by atoms with Crippen molar-refractivity contribution in [1.82, 2.24) is 15.2 Å². The van der Waals surface area contributed by atoms with E-state index >= 15 is 0 Å². The van der Waals surface area contributed by atoms with Crippen molar-refractivity contribution in [3.63, 3.8) is 0 Å². The van der Waals surface area contributed by atoms with E-state index in [4.69, 9.17) is 4.74 Å². The average Bonchev–Trinajstić information content (AvgIpc) is 2.98. The summed E-state index contributed by atoms with van der Waals surface area (Å²) in [6.07, 6.45) is 0. The number of benzene rings is 2. The van der Waals surface area contributed by atoms with Crippen molar-refractivity contribution in [2.75, 3.05) is 7.11 Å². The van der Waals surface area contributed by atoms with Crippen molar-refractivity contribution in [2.24, 2.45) is 0 Å². The van der Waals surface area contributed by atoms with Gasteiger partial charge in [0, 0.05) is 5.39 Å².